The Morgan fingerprint density at radius 2 is 1.67 bits per heavy atom. The third-order valence-corrected chi connectivity index (χ3v) is 8.83. The van der Waals surface area contributed by atoms with Gasteiger partial charge in [0.2, 0.25) is 0 Å². The molecule has 0 fully saturated rings. The number of amides is 2. The summed E-state index contributed by atoms with van der Waals surface area (Å²) in [4.78, 5) is 26.8. The highest BCUT2D eigenvalue weighted by Gasteiger charge is 2.36. The fourth-order valence-corrected chi connectivity index (χ4v) is 6.37. The monoisotopic (exact) mass is 680 g/mol. The first-order chi connectivity index (χ1) is 23.9. The summed E-state index contributed by atoms with van der Waals surface area (Å²) in [6.45, 7) is 0.0189. The standard InChI is InChI=1S/C36H33FN6O5S/c1-46-27-17-15-23(16-18-27)29-20-30(28-13-8-14-31(47-2)34(28)48-3)43(41-29)33(44)22-49-36-40-39-32(42(36)26-11-5-4-6-12-26)21-38-35(45)24-9-7-10-25(37)19-24/h4-19,30H,20-22H2,1-3H3,(H,38,45)/t30-/m1/s1. The Morgan fingerprint density at radius 3 is 2.39 bits per heavy atom. The summed E-state index contributed by atoms with van der Waals surface area (Å²) in [5.74, 6) is 1.00. The zero-order valence-electron chi connectivity index (χ0n) is 27.0. The molecule has 0 spiro atoms. The summed E-state index contributed by atoms with van der Waals surface area (Å²) in [5.41, 5.74) is 3.30. The topological polar surface area (TPSA) is 120 Å². The van der Waals surface area contributed by atoms with Gasteiger partial charge in [-0.15, -0.1) is 10.2 Å². The highest BCUT2D eigenvalue weighted by atomic mass is 32.2. The second-order valence-electron chi connectivity index (χ2n) is 10.9. The van der Waals surface area contributed by atoms with Crippen LogP contribution in [-0.2, 0) is 11.3 Å². The zero-order valence-corrected chi connectivity index (χ0v) is 27.8. The zero-order chi connectivity index (χ0) is 34.3. The van der Waals surface area contributed by atoms with E-state index < -0.39 is 17.8 Å². The number of hydrazone groups is 1. The minimum absolute atomic E-state index is 0.0111. The maximum atomic E-state index is 14.0. The third kappa shape index (κ3) is 7.26. The molecule has 1 aliphatic rings. The lowest BCUT2D eigenvalue weighted by Gasteiger charge is -2.24. The SMILES string of the molecule is COc1ccc(C2=NN(C(=O)CSc3nnc(CNC(=O)c4cccc(F)c4)n3-c3ccccc3)[C@@H](c3cccc(OC)c3OC)C2)cc1. The van der Waals surface area contributed by atoms with Gasteiger partial charge in [-0.3, -0.25) is 14.2 Å². The van der Waals surface area contributed by atoms with Crippen molar-refractivity contribution in [2.24, 2.45) is 5.10 Å². The van der Waals surface area contributed by atoms with Gasteiger partial charge in [-0.1, -0.05) is 48.2 Å². The highest BCUT2D eigenvalue weighted by molar-refractivity contribution is 7.99. The summed E-state index contributed by atoms with van der Waals surface area (Å²) in [5, 5.41) is 18.2. The maximum Gasteiger partial charge on any atom is 0.253 e. The van der Waals surface area contributed by atoms with Crippen molar-refractivity contribution in [1.82, 2.24) is 25.1 Å². The lowest BCUT2D eigenvalue weighted by molar-refractivity contribution is -0.130. The number of rotatable bonds is 12. The van der Waals surface area contributed by atoms with Crippen LogP contribution in [0.4, 0.5) is 4.39 Å². The Balaban J connectivity index is 1.27. The number of nitrogens with one attached hydrogen (secondary N) is 1. The van der Waals surface area contributed by atoms with E-state index in [1.54, 1.807) is 32.0 Å². The summed E-state index contributed by atoms with van der Waals surface area (Å²) < 4.78 is 32.1. The molecule has 49 heavy (non-hydrogen) atoms. The van der Waals surface area contributed by atoms with Gasteiger partial charge in [-0.05, 0) is 66.2 Å². The van der Waals surface area contributed by atoms with Gasteiger partial charge in [-0.2, -0.15) is 5.10 Å². The molecule has 5 aromatic rings. The number of carbonyl (C=O) groups is 2. The Kier molecular flexibility index (Phi) is 10.2. The van der Waals surface area contributed by atoms with Crippen molar-refractivity contribution in [3.8, 4) is 22.9 Å². The van der Waals surface area contributed by atoms with E-state index in [-0.39, 0.29) is 23.8 Å². The number of halogens is 1. The van der Waals surface area contributed by atoms with Crippen molar-refractivity contribution in [2.75, 3.05) is 27.1 Å². The number of benzene rings is 4. The van der Waals surface area contributed by atoms with Crippen molar-refractivity contribution in [3.63, 3.8) is 0 Å². The highest BCUT2D eigenvalue weighted by Crippen LogP contribution is 2.42. The lowest BCUT2D eigenvalue weighted by atomic mass is 9.97. The van der Waals surface area contributed by atoms with Crippen LogP contribution in [0.2, 0.25) is 0 Å². The molecule has 11 nitrogen and oxygen atoms in total. The van der Waals surface area contributed by atoms with Crippen molar-refractivity contribution >= 4 is 29.3 Å². The van der Waals surface area contributed by atoms with Gasteiger partial charge in [0.15, 0.2) is 22.5 Å². The molecule has 0 saturated heterocycles. The van der Waals surface area contributed by atoms with Crippen LogP contribution in [0.3, 0.4) is 0 Å². The first-order valence-corrected chi connectivity index (χ1v) is 16.3. The van der Waals surface area contributed by atoms with Crippen LogP contribution in [0, 0.1) is 5.82 Å². The summed E-state index contributed by atoms with van der Waals surface area (Å²) in [6, 6.07) is 27.5. The van der Waals surface area contributed by atoms with Crippen LogP contribution in [-0.4, -0.2) is 64.4 Å². The number of ether oxygens (including phenoxy) is 3. The van der Waals surface area contributed by atoms with Crippen molar-refractivity contribution in [1.29, 1.82) is 0 Å². The quantitative estimate of drug-likeness (QED) is 0.164. The minimum Gasteiger partial charge on any atom is -0.497 e. The number of hydrogen-bond donors (Lipinski definition) is 1. The van der Waals surface area contributed by atoms with Gasteiger partial charge in [0, 0.05) is 23.2 Å². The fraction of sp³-hybridized carbons (Fsp3) is 0.194. The maximum absolute atomic E-state index is 14.0. The largest absolute Gasteiger partial charge is 0.497 e. The Labute approximate surface area is 286 Å². The van der Waals surface area contributed by atoms with Crippen LogP contribution < -0.4 is 19.5 Å². The first kappa shape index (κ1) is 33.2. The smallest absolute Gasteiger partial charge is 0.253 e. The second kappa shape index (κ2) is 15.0. The average molecular weight is 681 g/mol. The van der Waals surface area contributed by atoms with Gasteiger partial charge in [-0.25, -0.2) is 9.40 Å². The molecule has 2 amide bonds. The van der Waals surface area contributed by atoms with Gasteiger partial charge in [0.05, 0.1) is 45.4 Å². The van der Waals surface area contributed by atoms with Gasteiger partial charge in [0.1, 0.15) is 11.6 Å². The van der Waals surface area contributed by atoms with Crippen LogP contribution in [0.5, 0.6) is 17.2 Å². The van der Waals surface area contributed by atoms with Gasteiger partial charge in [0.25, 0.3) is 11.8 Å². The molecule has 1 aromatic heterocycles. The van der Waals surface area contributed by atoms with Crippen molar-refractivity contribution in [2.45, 2.75) is 24.2 Å². The van der Waals surface area contributed by atoms with Crippen LogP contribution in [0.1, 0.15) is 39.8 Å². The van der Waals surface area contributed by atoms with Crippen molar-refractivity contribution < 1.29 is 28.2 Å². The van der Waals surface area contributed by atoms with E-state index in [0.717, 1.165) is 22.5 Å². The predicted molar refractivity (Wildman–Crippen MR) is 183 cm³/mol. The molecule has 1 aliphatic heterocycles. The third-order valence-electron chi connectivity index (χ3n) is 7.91. The molecule has 6 rings (SSSR count). The number of thioether (sulfide) groups is 1. The van der Waals surface area contributed by atoms with E-state index >= 15 is 0 Å². The normalized spacial score (nSPS) is 13.9. The molecule has 250 valence electrons. The first-order valence-electron chi connectivity index (χ1n) is 15.3. The number of hydrogen-bond acceptors (Lipinski definition) is 9. The molecule has 4 aromatic carbocycles. The molecular weight excluding hydrogens is 647 g/mol. The number of nitrogens with zero attached hydrogens (tertiary/aromatic N) is 5. The Hall–Kier alpha value is -5.69. The molecule has 13 heteroatoms. The number of carbonyl (C=O) groups excluding carboxylic acids is 2. The van der Waals surface area contributed by atoms with E-state index in [4.69, 9.17) is 19.3 Å². The molecule has 2 heterocycles. The number of aromatic nitrogens is 3. The predicted octanol–water partition coefficient (Wildman–Crippen LogP) is 5.83. The van der Waals surface area contributed by atoms with Crippen molar-refractivity contribution in [3.05, 3.63) is 125 Å². The molecule has 0 aliphatic carbocycles. The Bertz CT molecular complexity index is 1990. The van der Waals surface area contributed by atoms with Gasteiger partial charge < -0.3 is 19.5 Å². The number of para-hydroxylation sites is 2. The average Bonchev–Trinajstić information content (AvgIpc) is 3.78. The molecule has 1 atom stereocenters. The Morgan fingerprint density at radius 1 is 0.898 bits per heavy atom. The summed E-state index contributed by atoms with van der Waals surface area (Å²) in [6.07, 6.45) is 0.446. The van der Waals surface area contributed by atoms with Gasteiger partial charge >= 0.3 is 0 Å². The molecular formula is C36H33FN6O5S. The molecule has 0 saturated carbocycles. The van der Waals surface area contributed by atoms with Crippen LogP contribution in [0.25, 0.3) is 5.69 Å². The number of methoxy groups -OCH3 is 3. The van der Waals surface area contributed by atoms with E-state index in [1.807, 2.05) is 66.7 Å². The summed E-state index contributed by atoms with van der Waals surface area (Å²) in [7, 11) is 4.74. The molecule has 0 radical (unpaired) electrons. The minimum atomic E-state index is -0.506. The van der Waals surface area contributed by atoms with Crippen LogP contribution in [0.15, 0.2) is 107 Å². The van der Waals surface area contributed by atoms with E-state index in [1.165, 1.54) is 41.0 Å². The van der Waals surface area contributed by atoms with E-state index in [9.17, 15) is 14.0 Å². The fourth-order valence-electron chi connectivity index (χ4n) is 5.54. The molecule has 0 bridgehead atoms. The van der Waals surface area contributed by atoms with E-state index in [0.29, 0.717) is 34.7 Å². The molecule has 1 N–H and O–H groups in total. The second-order valence-corrected chi connectivity index (χ2v) is 11.8. The van der Waals surface area contributed by atoms with E-state index in [2.05, 4.69) is 15.5 Å². The lowest BCUT2D eigenvalue weighted by Crippen LogP contribution is -2.29. The summed E-state index contributed by atoms with van der Waals surface area (Å²) >= 11 is 1.20. The molecule has 0 unspecified atom stereocenters. The van der Waals surface area contributed by atoms with Crippen LogP contribution >= 0.6 is 11.8 Å².